The van der Waals surface area contributed by atoms with E-state index in [9.17, 15) is 23.6 Å². The van der Waals surface area contributed by atoms with E-state index in [0.717, 1.165) is 0 Å². The number of hydrogen-bond donors (Lipinski definition) is 2. The number of nitro groups is 1. The highest BCUT2D eigenvalue weighted by Gasteiger charge is 2.36. The van der Waals surface area contributed by atoms with Gasteiger partial charge in [0.2, 0.25) is 10.0 Å². The summed E-state index contributed by atoms with van der Waals surface area (Å²) in [6.45, 7) is 4.09. The normalized spacial score (nSPS) is 12.5. The van der Waals surface area contributed by atoms with Gasteiger partial charge >= 0.3 is 0 Å². The topological polar surface area (TPSA) is 124 Å². The van der Waals surface area contributed by atoms with Gasteiger partial charge in [0, 0.05) is 11.0 Å². The molecule has 19 heavy (non-hydrogen) atoms. The second-order valence-electron chi connectivity index (χ2n) is 4.95. The van der Waals surface area contributed by atoms with Crippen molar-refractivity contribution in [2.45, 2.75) is 31.1 Å². The van der Waals surface area contributed by atoms with Gasteiger partial charge in [0.15, 0.2) is 0 Å². The van der Waals surface area contributed by atoms with Crippen LogP contribution in [0.25, 0.3) is 0 Å². The van der Waals surface area contributed by atoms with Crippen LogP contribution in [0.15, 0.2) is 17.0 Å². The molecule has 0 spiro atoms. The predicted octanol–water partition coefficient (Wildman–Crippen LogP) is 0.821. The zero-order chi connectivity index (χ0) is 15.0. The van der Waals surface area contributed by atoms with Gasteiger partial charge in [-0.05, 0) is 13.0 Å². The van der Waals surface area contributed by atoms with Crippen molar-refractivity contribution in [3.63, 3.8) is 0 Å². The molecule has 1 aromatic rings. The van der Waals surface area contributed by atoms with E-state index in [-0.39, 0.29) is 16.1 Å². The number of benzene rings is 1. The second kappa shape index (κ2) is 4.87. The van der Waals surface area contributed by atoms with Crippen LogP contribution in [0.1, 0.15) is 25.0 Å². The van der Waals surface area contributed by atoms with Crippen LogP contribution in [0.2, 0.25) is 0 Å². The van der Waals surface area contributed by atoms with Crippen molar-refractivity contribution in [1.29, 1.82) is 0 Å². The minimum absolute atomic E-state index is 0.0671. The average molecular weight is 288 g/mol. The Bertz CT molecular complexity index is 622. The molecule has 1 aromatic carbocycles. The summed E-state index contributed by atoms with van der Waals surface area (Å²) in [5, 5.41) is 25.6. The van der Waals surface area contributed by atoms with E-state index in [0.29, 0.717) is 5.56 Å². The van der Waals surface area contributed by atoms with Gasteiger partial charge in [-0.2, -0.15) is 0 Å². The zero-order valence-electron chi connectivity index (χ0n) is 10.9. The van der Waals surface area contributed by atoms with Crippen molar-refractivity contribution in [3.05, 3.63) is 33.4 Å². The maximum absolute atomic E-state index is 11.6. The fourth-order valence-corrected chi connectivity index (χ4v) is 2.80. The second-order valence-corrected chi connectivity index (χ2v) is 6.48. The van der Waals surface area contributed by atoms with Crippen LogP contribution in [0, 0.1) is 17.0 Å². The van der Waals surface area contributed by atoms with E-state index in [1.54, 1.807) is 0 Å². The predicted molar refractivity (Wildman–Crippen MR) is 69.3 cm³/mol. The molecule has 7 nitrogen and oxygen atoms in total. The van der Waals surface area contributed by atoms with Crippen molar-refractivity contribution in [2.24, 2.45) is 5.14 Å². The highest BCUT2D eigenvalue weighted by molar-refractivity contribution is 7.89. The highest BCUT2D eigenvalue weighted by atomic mass is 32.2. The maximum Gasteiger partial charge on any atom is 0.277 e. The fourth-order valence-electron chi connectivity index (χ4n) is 1.88. The van der Waals surface area contributed by atoms with Gasteiger partial charge < -0.3 is 5.11 Å². The standard InChI is InChI=1S/C11H16N2O5S/c1-7-4-5-8(19(12,17)18)9(10(7)13(15)16)11(2,3)6-14/h4-5,14H,6H2,1-3H3,(H2,12,17,18). The number of nitrogens with zero attached hydrogens (tertiary/aromatic N) is 1. The van der Waals surface area contributed by atoms with Gasteiger partial charge in [-0.25, -0.2) is 13.6 Å². The smallest absolute Gasteiger partial charge is 0.277 e. The Hall–Kier alpha value is -1.51. The third kappa shape index (κ3) is 2.91. The molecular weight excluding hydrogens is 272 g/mol. The van der Waals surface area contributed by atoms with E-state index in [1.165, 1.54) is 32.9 Å². The average Bonchev–Trinajstić information content (AvgIpc) is 2.26. The molecule has 0 unspecified atom stereocenters. The van der Waals surface area contributed by atoms with Crippen molar-refractivity contribution in [1.82, 2.24) is 0 Å². The molecule has 0 radical (unpaired) electrons. The zero-order valence-corrected chi connectivity index (χ0v) is 11.7. The Morgan fingerprint density at radius 2 is 1.95 bits per heavy atom. The van der Waals surface area contributed by atoms with Crippen LogP contribution in [-0.2, 0) is 15.4 Å². The Morgan fingerprint density at radius 1 is 1.42 bits per heavy atom. The van der Waals surface area contributed by atoms with E-state index < -0.39 is 27.0 Å². The van der Waals surface area contributed by atoms with Crippen molar-refractivity contribution in [3.8, 4) is 0 Å². The number of nitrogens with two attached hydrogens (primary N) is 1. The number of nitro benzene ring substituents is 1. The molecule has 0 heterocycles. The summed E-state index contributed by atoms with van der Waals surface area (Å²) in [6.07, 6.45) is 0. The lowest BCUT2D eigenvalue weighted by Gasteiger charge is -2.24. The minimum Gasteiger partial charge on any atom is -0.395 e. The highest BCUT2D eigenvalue weighted by Crippen LogP contribution is 2.38. The summed E-state index contributed by atoms with van der Waals surface area (Å²) >= 11 is 0. The Labute approximate surface area is 111 Å². The fraction of sp³-hybridized carbons (Fsp3) is 0.455. The molecular formula is C11H16N2O5S. The van der Waals surface area contributed by atoms with Gasteiger partial charge in [-0.15, -0.1) is 0 Å². The molecule has 0 amide bonds. The van der Waals surface area contributed by atoms with Gasteiger partial charge in [0.05, 0.1) is 22.0 Å². The molecule has 0 aliphatic rings. The Balaban J connectivity index is 3.90. The first-order chi connectivity index (χ1) is 8.52. The number of hydrogen-bond acceptors (Lipinski definition) is 5. The van der Waals surface area contributed by atoms with E-state index in [1.807, 2.05) is 0 Å². The summed E-state index contributed by atoms with van der Waals surface area (Å²) < 4.78 is 23.2. The van der Waals surface area contributed by atoms with Crippen molar-refractivity contribution < 1.29 is 18.4 Å². The number of sulfonamides is 1. The molecule has 0 aromatic heterocycles. The van der Waals surface area contributed by atoms with Crippen LogP contribution in [-0.4, -0.2) is 25.1 Å². The Kier molecular flexibility index (Phi) is 3.99. The van der Waals surface area contributed by atoms with Crippen LogP contribution in [0.4, 0.5) is 5.69 Å². The summed E-state index contributed by atoms with van der Waals surface area (Å²) in [4.78, 5) is 10.2. The van der Waals surface area contributed by atoms with Gasteiger partial charge in [0.1, 0.15) is 0 Å². The molecule has 0 atom stereocenters. The largest absolute Gasteiger partial charge is 0.395 e. The minimum atomic E-state index is -4.12. The van der Waals surface area contributed by atoms with Crippen LogP contribution in [0.3, 0.4) is 0 Å². The first kappa shape index (κ1) is 15.5. The van der Waals surface area contributed by atoms with Crippen molar-refractivity contribution >= 4 is 15.7 Å². The maximum atomic E-state index is 11.6. The number of aliphatic hydroxyl groups is 1. The first-order valence-corrected chi connectivity index (χ1v) is 6.99. The van der Waals surface area contributed by atoms with Crippen LogP contribution < -0.4 is 5.14 Å². The number of aryl methyl sites for hydroxylation is 1. The SMILES string of the molecule is Cc1ccc(S(N)(=O)=O)c(C(C)(C)CO)c1[N+](=O)[O-]. The Morgan fingerprint density at radius 3 is 2.32 bits per heavy atom. The molecule has 0 fully saturated rings. The first-order valence-electron chi connectivity index (χ1n) is 5.44. The third-order valence-corrected chi connectivity index (χ3v) is 3.86. The number of aliphatic hydroxyl groups excluding tert-OH is 1. The lowest BCUT2D eigenvalue weighted by Crippen LogP contribution is -2.28. The third-order valence-electron chi connectivity index (χ3n) is 2.90. The molecule has 106 valence electrons. The van der Waals surface area contributed by atoms with Gasteiger partial charge in [0.25, 0.3) is 5.69 Å². The van der Waals surface area contributed by atoms with E-state index >= 15 is 0 Å². The monoisotopic (exact) mass is 288 g/mol. The summed E-state index contributed by atoms with van der Waals surface area (Å²) in [6, 6.07) is 2.55. The van der Waals surface area contributed by atoms with E-state index in [2.05, 4.69) is 0 Å². The van der Waals surface area contributed by atoms with E-state index in [4.69, 9.17) is 5.14 Å². The molecule has 8 heteroatoms. The molecule has 0 saturated heterocycles. The number of primary sulfonamides is 1. The molecule has 0 aliphatic carbocycles. The van der Waals surface area contributed by atoms with Gasteiger partial charge in [-0.3, -0.25) is 10.1 Å². The van der Waals surface area contributed by atoms with Crippen LogP contribution >= 0.6 is 0 Å². The lowest BCUT2D eigenvalue weighted by molar-refractivity contribution is -0.386. The summed E-state index contributed by atoms with van der Waals surface area (Å²) in [7, 11) is -4.12. The molecule has 0 bridgehead atoms. The lowest BCUT2D eigenvalue weighted by atomic mass is 9.83. The number of rotatable bonds is 4. The van der Waals surface area contributed by atoms with Crippen LogP contribution in [0.5, 0.6) is 0 Å². The van der Waals surface area contributed by atoms with Crippen molar-refractivity contribution in [2.75, 3.05) is 6.61 Å². The van der Waals surface area contributed by atoms with Gasteiger partial charge in [-0.1, -0.05) is 19.9 Å². The molecule has 0 saturated carbocycles. The molecule has 3 N–H and O–H groups in total. The molecule has 0 aliphatic heterocycles. The quantitative estimate of drug-likeness (QED) is 0.627. The molecule has 1 rings (SSSR count). The summed E-state index contributed by atoms with van der Waals surface area (Å²) in [5.74, 6) is 0. The summed E-state index contributed by atoms with van der Waals surface area (Å²) in [5.41, 5.74) is -1.18.